The largest absolute Gasteiger partial charge is 0.481 e. The first-order valence-electron chi connectivity index (χ1n) is 8.71. The number of carboxylic acid groups (broad SMARTS) is 1. The fourth-order valence-electron chi connectivity index (χ4n) is 3.46. The number of aliphatic carboxylic acids is 1. The molecule has 1 amide bonds. The summed E-state index contributed by atoms with van der Waals surface area (Å²) in [6.07, 6.45) is 4.24. The Balaban J connectivity index is 1.82. The van der Waals surface area contributed by atoms with E-state index < -0.39 is 11.6 Å². The molecule has 6 nitrogen and oxygen atoms in total. The number of carbonyl (C=O) groups is 2. The molecule has 0 bridgehead atoms. The molecule has 0 spiro atoms. The Morgan fingerprint density at radius 2 is 1.65 bits per heavy atom. The maximum absolute atomic E-state index is 12.2. The minimum absolute atomic E-state index is 0.185. The Bertz CT molecular complexity index is 425. The minimum atomic E-state index is -0.665. The molecular formula is C17H30N2O4. The minimum Gasteiger partial charge on any atom is -0.481 e. The molecule has 1 N–H and O–H groups in total. The number of carboxylic acids is 1. The predicted octanol–water partition coefficient (Wildman–Crippen LogP) is 2.57. The zero-order valence-electron chi connectivity index (χ0n) is 14.6. The number of likely N-dealkylation sites (tertiary alicyclic amines) is 2. The van der Waals surface area contributed by atoms with Gasteiger partial charge in [0.05, 0.1) is 5.92 Å². The lowest BCUT2D eigenvalue weighted by Gasteiger charge is -2.36. The molecule has 2 heterocycles. The summed E-state index contributed by atoms with van der Waals surface area (Å²) in [6.45, 7) is 8.84. The van der Waals surface area contributed by atoms with E-state index in [9.17, 15) is 9.59 Å². The summed E-state index contributed by atoms with van der Waals surface area (Å²) in [7, 11) is 0. The van der Waals surface area contributed by atoms with E-state index in [4.69, 9.17) is 9.84 Å². The number of nitrogens with zero attached hydrogens (tertiary/aromatic N) is 2. The maximum atomic E-state index is 12.2. The van der Waals surface area contributed by atoms with E-state index >= 15 is 0 Å². The van der Waals surface area contributed by atoms with Gasteiger partial charge < -0.3 is 19.6 Å². The first-order chi connectivity index (χ1) is 10.8. The van der Waals surface area contributed by atoms with E-state index in [1.807, 2.05) is 25.7 Å². The Hall–Kier alpha value is -1.30. The van der Waals surface area contributed by atoms with Crippen molar-refractivity contribution in [2.75, 3.05) is 26.2 Å². The number of piperidine rings is 1. The van der Waals surface area contributed by atoms with Crippen molar-refractivity contribution in [2.45, 2.75) is 64.5 Å². The first kappa shape index (κ1) is 18.0. The third kappa shape index (κ3) is 5.37. The molecule has 6 heteroatoms. The molecule has 1 unspecified atom stereocenters. The highest BCUT2D eigenvalue weighted by molar-refractivity contribution is 5.70. The van der Waals surface area contributed by atoms with Crippen LogP contribution in [0.15, 0.2) is 0 Å². The average molecular weight is 326 g/mol. The average Bonchev–Trinajstić information content (AvgIpc) is 2.71. The molecule has 0 aromatic rings. The van der Waals surface area contributed by atoms with Gasteiger partial charge in [0.1, 0.15) is 5.60 Å². The molecule has 1 atom stereocenters. The summed E-state index contributed by atoms with van der Waals surface area (Å²) < 4.78 is 5.46. The fraction of sp³-hybridized carbons (Fsp3) is 0.882. The van der Waals surface area contributed by atoms with Gasteiger partial charge in [-0.25, -0.2) is 4.79 Å². The quantitative estimate of drug-likeness (QED) is 0.844. The van der Waals surface area contributed by atoms with Gasteiger partial charge in [0.25, 0.3) is 0 Å². The van der Waals surface area contributed by atoms with Crippen molar-refractivity contribution in [3.8, 4) is 0 Å². The molecule has 2 saturated heterocycles. The van der Waals surface area contributed by atoms with Crippen molar-refractivity contribution in [1.82, 2.24) is 9.80 Å². The molecule has 2 aliphatic rings. The summed E-state index contributed by atoms with van der Waals surface area (Å²) in [5, 5.41) is 9.09. The molecule has 0 aliphatic carbocycles. The van der Waals surface area contributed by atoms with Crippen LogP contribution in [0.1, 0.15) is 52.9 Å². The molecule has 132 valence electrons. The molecule has 0 aromatic carbocycles. The summed E-state index contributed by atoms with van der Waals surface area (Å²) >= 11 is 0. The van der Waals surface area contributed by atoms with Gasteiger partial charge in [0.15, 0.2) is 0 Å². The van der Waals surface area contributed by atoms with Crippen LogP contribution in [-0.4, -0.2) is 64.8 Å². The highest BCUT2D eigenvalue weighted by Crippen LogP contribution is 2.24. The van der Waals surface area contributed by atoms with Crippen LogP contribution >= 0.6 is 0 Å². The zero-order valence-corrected chi connectivity index (χ0v) is 14.6. The Labute approximate surface area is 138 Å². The van der Waals surface area contributed by atoms with Gasteiger partial charge >= 0.3 is 12.1 Å². The van der Waals surface area contributed by atoms with E-state index in [0.29, 0.717) is 6.04 Å². The van der Waals surface area contributed by atoms with Gasteiger partial charge in [-0.3, -0.25) is 4.79 Å². The Morgan fingerprint density at radius 1 is 1.00 bits per heavy atom. The van der Waals surface area contributed by atoms with Crippen molar-refractivity contribution in [3.05, 3.63) is 0 Å². The van der Waals surface area contributed by atoms with E-state index in [1.54, 1.807) is 0 Å². The maximum Gasteiger partial charge on any atom is 0.410 e. The molecule has 2 fully saturated rings. The van der Waals surface area contributed by atoms with Crippen LogP contribution in [0, 0.1) is 5.92 Å². The lowest BCUT2D eigenvalue weighted by Crippen LogP contribution is -2.43. The first-order valence-corrected chi connectivity index (χ1v) is 8.71. The molecule has 2 rings (SSSR count). The SMILES string of the molecule is CC(C)(C)OC(=O)N1CCCC(N2CCC(C(=O)O)CC2)CC1. The zero-order chi connectivity index (χ0) is 17.0. The molecule has 0 saturated carbocycles. The lowest BCUT2D eigenvalue weighted by molar-refractivity contribution is -0.143. The second kappa shape index (κ2) is 7.51. The highest BCUT2D eigenvalue weighted by atomic mass is 16.6. The van der Waals surface area contributed by atoms with E-state index in [-0.39, 0.29) is 12.0 Å². The standard InChI is InChI=1S/C17H30N2O4/c1-17(2,3)23-16(22)19-9-4-5-14(8-12-19)18-10-6-13(7-11-18)15(20)21/h13-14H,4-12H2,1-3H3,(H,20,21). The Kier molecular flexibility index (Phi) is 5.89. The van der Waals surface area contributed by atoms with Gasteiger partial charge in [-0.15, -0.1) is 0 Å². The smallest absolute Gasteiger partial charge is 0.410 e. The van der Waals surface area contributed by atoms with Gasteiger partial charge in [-0.1, -0.05) is 0 Å². The second-order valence-electron chi connectivity index (χ2n) is 7.70. The molecular weight excluding hydrogens is 296 g/mol. The van der Waals surface area contributed by atoms with Gasteiger partial charge in [-0.05, 0) is 66.0 Å². The van der Waals surface area contributed by atoms with Crippen LogP contribution in [0.25, 0.3) is 0 Å². The van der Waals surface area contributed by atoms with Crippen LogP contribution < -0.4 is 0 Å². The van der Waals surface area contributed by atoms with Crippen molar-refractivity contribution < 1.29 is 19.4 Å². The topological polar surface area (TPSA) is 70.1 Å². The predicted molar refractivity (Wildman–Crippen MR) is 87.4 cm³/mol. The van der Waals surface area contributed by atoms with Crippen LogP contribution in [0.2, 0.25) is 0 Å². The van der Waals surface area contributed by atoms with E-state index in [2.05, 4.69) is 4.90 Å². The third-order valence-electron chi connectivity index (χ3n) is 4.74. The van der Waals surface area contributed by atoms with E-state index in [1.165, 1.54) is 0 Å². The number of hydrogen-bond donors (Lipinski definition) is 1. The number of carbonyl (C=O) groups excluding carboxylic acids is 1. The molecule has 0 aromatic heterocycles. The molecule has 23 heavy (non-hydrogen) atoms. The van der Waals surface area contributed by atoms with Crippen molar-refractivity contribution in [1.29, 1.82) is 0 Å². The van der Waals surface area contributed by atoms with Crippen molar-refractivity contribution in [3.63, 3.8) is 0 Å². The van der Waals surface area contributed by atoms with E-state index in [0.717, 1.165) is 58.3 Å². The van der Waals surface area contributed by atoms with Crippen LogP contribution in [0.5, 0.6) is 0 Å². The fourth-order valence-corrected chi connectivity index (χ4v) is 3.46. The second-order valence-corrected chi connectivity index (χ2v) is 7.70. The molecule has 2 aliphatic heterocycles. The third-order valence-corrected chi connectivity index (χ3v) is 4.74. The molecule has 0 radical (unpaired) electrons. The number of hydrogen-bond acceptors (Lipinski definition) is 4. The Morgan fingerprint density at radius 3 is 2.22 bits per heavy atom. The monoisotopic (exact) mass is 326 g/mol. The summed E-state index contributed by atoms with van der Waals surface area (Å²) in [5.41, 5.74) is -0.457. The van der Waals surface area contributed by atoms with Crippen LogP contribution in [-0.2, 0) is 9.53 Å². The number of rotatable bonds is 2. The van der Waals surface area contributed by atoms with Crippen LogP contribution in [0.3, 0.4) is 0 Å². The normalized spacial score (nSPS) is 25.0. The summed E-state index contributed by atoms with van der Waals surface area (Å²) in [5.74, 6) is -0.850. The van der Waals surface area contributed by atoms with Crippen molar-refractivity contribution >= 4 is 12.1 Å². The van der Waals surface area contributed by atoms with Crippen LogP contribution in [0.4, 0.5) is 4.79 Å². The van der Waals surface area contributed by atoms with Gasteiger partial charge in [0.2, 0.25) is 0 Å². The summed E-state index contributed by atoms with van der Waals surface area (Å²) in [4.78, 5) is 27.5. The highest BCUT2D eigenvalue weighted by Gasteiger charge is 2.31. The van der Waals surface area contributed by atoms with Gasteiger partial charge in [-0.2, -0.15) is 0 Å². The summed E-state index contributed by atoms with van der Waals surface area (Å²) in [6, 6.07) is 0.456. The van der Waals surface area contributed by atoms with Gasteiger partial charge in [0, 0.05) is 19.1 Å². The van der Waals surface area contributed by atoms with Crippen molar-refractivity contribution in [2.24, 2.45) is 5.92 Å². The lowest BCUT2D eigenvalue weighted by atomic mass is 9.94. The number of amides is 1. The number of ether oxygens (including phenoxy) is 1.